The van der Waals surface area contributed by atoms with Crippen molar-refractivity contribution in [3.8, 4) is 0 Å². The number of anilines is 1. The molecule has 0 spiro atoms. The summed E-state index contributed by atoms with van der Waals surface area (Å²) in [7, 11) is 0. The fraction of sp³-hybridized carbons (Fsp3) is 0.556. The lowest BCUT2D eigenvalue weighted by Crippen LogP contribution is -2.51. The number of aryl methyl sites for hydroxylation is 3. The third-order valence-corrected chi connectivity index (χ3v) is 5.06. The lowest BCUT2D eigenvalue weighted by atomic mass is 9.90. The Hall–Kier alpha value is -2.48. The van der Waals surface area contributed by atoms with E-state index in [2.05, 4.69) is 25.8 Å². The predicted molar refractivity (Wildman–Crippen MR) is 93.8 cm³/mol. The molecule has 0 aromatic carbocycles. The van der Waals surface area contributed by atoms with Gasteiger partial charge < -0.3 is 19.9 Å². The van der Waals surface area contributed by atoms with E-state index in [1.807, 2.05) is 6.07 Å². The predicted octanol–water partition coefficient (Wildman–Crippen LogP) is 2.48. The van der Waals surface area contributed by atoms with Crippen LogP contribution in [0.3, 0.4) is 0 Å². The molecule has 0 unspecified atom stereocenters. The molecule has 1 fully saturated rings. The molecule has 0 radical (unpaired) electrons. The number of nitrogens with zero attached hydrogens (tertiary/aromatic N) is 3. The molecule has 2 aromatic rings. The molecule has 8 nitrogen and oxygen atoms in total. The molecule has 2 amide bonds. The standard InChI is InChI=1S/C18H23N5O3/c1-12-20-16(26-23-12)18(6-8-25-9-7-18)22-17(24)21-14-10-13-4-2-3-5-15(13)19-11-14/h10-11H,2-9H2,1H3,(H2,21,22,24). The summed E-state index contributed by atoms with van der Waals surface area (Å²) in [5, 5.41) is 9.80. The molecule has 0 bridgehead atoms. The van der Waals surface area contributed by atoms with Crippen LogP contribution in [0.5, 0.6) is 0 Å². The van der Waals surface area contributed by atoms with Crippen LogP contribution in [0.15, 0.2) is 16.8 Å². The molecule has 8 heteroatoms. The van der Waals surface area contributed by atoms with Crippen molar-refractivity contribution in [2.24, 2.45) is 0 Å². The minimum atomic E-state index is -0.703. The lowest BCUT2D eigenvalue weighted by molar-refractivity contribution is 0.0285. The SMILES string of the molecule is Cc1noc(C2(NC(=O)Nc3cnc4c(c3)CCCC4)CCOCC2)n1. The molecule has 2 aliphatic rings. The van der Waals surface area contributed by atoms with Crippen LogP contribution in [0.2, 0.25) is 0 Å². The number of ether oxygens (including phenoxy) is 1. The van der Waals surface area contributed by atoms with Gasteiger partial charge in [0, 0.05) is 31.7 Å². The summed E-state index contributed by atoms with van der Waals surface area (Å²) in [6.07, 6.45) is 7.28. The molecule has 3 heterocycles. The fourth-order valence-electron chi connectivity index (χ4n) is 3.64. The van der Waals surface area contributed by atoms with Gasteiger partial charge in [-0.2, -0.15) is 4.98 Å². The van der Waals surface area contributed by atoms with Crippen LogP contribution in [0.1, 0.15) is 48.7 Å². The number of aromatic nitrogens is 3. The van der Waals surface area contributed by atoms with Crippen LogP contribution < -0.4 is 10.6 Å². The number of carbonyl (C=O) groups is 1. The highest BCUT2D eigenvalue weighted by atomic mass is 16.5. The van der Waals surface area contributed by atoms with Gasteiger partial charge in [-0.15, -0.1) is 0 Å². The minimum Gasteiger partial charge on any atom is -0.381 e. The zero-order chi connectivity index (χ0) is 18.0. The quantitative estimate of drug-likeness (QED) is 0.875. The zero-order valence-corrected chi connectivity index (χ0v) is 14.9. The Morgan fingerprint density at radius 2 is 2.04 bits per heavy atom. The molecule has 0 saturated carbocycles. The second-order valence-electron chi connectivity index (χ2n) is 6.96. The van der Waals surface area contributed by atoms with E-state index >= 15 is 0 Å². The number of pyridine rings is 1. The normalized spacial score (nSPS) is 18.8. The zero-order valence-electron chi connectivity index (χ0n) is 14.9. The van der Waals surface area contributed by atoms with Crippen LogP contribution in [0.25, 0.3) is 0 Å². The smallest absolute Gasteiger partial charge is 0.320 e. The van der Waals surface area contributed by atoms with E-state index in [-0.39, 0.29) is 6.03 Å². The number of amides is 2. The Kier molecular flexibility index (Phi) is 4.58. The average Bonchev–Trinajstić information content (AvgIpc) is 3.09. The van der Waals surface area contributed by atoms with Crippen molar-refractivity contribution in [3.05, 3.63) is 35.2 Å². The van der Waals surface area contributed by atoms with Crippen molar-refractivity contribution in [2.45, 2.75) is 51.0 Å². The number of hydrogen-bond donors (Lipinski definition) is 2. The van der Waals surface area contributed by atoms with Gasteiger partial charge in [0.25, 0.3) is 5.89 Å². The summed E-state index contributed by atoms with van der Waals surface area (Å²) in [5.74, 6) is 0.976. The summed E-state index contributed by atoms with van der Waals surface area (Å²) >= 11 is 0. The first-order valence-corrected chi connectivity index (χ1v) is 9.10. The van der Waals surface area contributed by atoms with Gasteiger partial charge in [0.15, 0.2) is 5.82 Å². The number of rotatable bonds is 3. The largest absolute Gasteiger partial charge is 0.381 e. The van der Waals surface area contributed by atoms with Crippen molar-refractivity contribution in [2.75, 3.05) is 18.5 Å². The van der Waals surface area contributed by atoms with Crippen LogP contribution >= 0.6 is 0 Å². The van der Waals surface area contributed by atoms with E-state index in [1.165, 1.54) is 18.4 Å². The maximum Gasteiger partial charge on any atom is 0.320 e. The second kappa shape index (κ2) is 7.03. The molecular formula is C18H23N5O3. The van der Waals surface area contributed by atoms with Crippen LogP contribution in [0.4, 0.5) is 10.5 Å². The van der Waals surface area contributed by atoms with Gasteiger partial charge >= 0.3 is 6.03 Å². The summed E-state index contributed by atoms with van der Waals surface area (Å²) in [5.41, 5.74) is 2.37. The maximum absolute atomic E-state index is 12.7. The van der Waals surface area contributed by atoms with E-state index < -0.39 is 5.54 Å². The van der Waals surface area contributed by atoms with Gasteiger partial charge in [-0.05, 0) is 44.2 Å². The number of fused-ring (bicyclic) bond motifs is 1. The number of nitrogens with one attached hydrogen (secondary N) is 2. The van der Waals surface area contributed by atoms with E-state index in [4.69, 9.17) is 9.26 Å². The average molecular weight is 357 g/mol. The molecule has 0 atom stereocenters. The van der Waals surface area contributed by atoms with Gasteiger partial charge in [0.1, 0.15) is 5.54 Å². The Balaban J connectivity index is 1.50. The Morgan fingerprint density at radius 1 is 1.23 bits per heavy atom. The van der Waals surface area contributed by atoms with Crippen LogP contribution in [-0.2, 0) is 23.1 Å². The summed E-state index contributed by atoms with van der Waals surface area (Å²) < 4.78 is 10.8. The summed E-state index contributed by atoms with van der Waals surface area (Å²) in [4.78, 5) is 21.5. The Bertz CT molecular complexity index is 798. The Morgan fingerprint density at radius 3 is 2.81 bits per heavy atom. The van der Waals surface area contributed by atoms with E-state index in [0.29, 0.717) is 43.5 Å². The first kappa shape index (κ1) is 17.0. The topological polar surface area (TPSA) is 102 Å². The molecule has 1 saturated heterocycles. The summed E-state index contributed by atoms with van der Waals surface area (Å²) in [6, 6.07) is 1.72. The molecule has 138 valence electrons. The van der Waals surface area contributed by atoms with Gasteiger partial charge in [-0.3, -0.25) is 4.98 Å². The molecule has 26 heavy (non-hydrogen) atoms. The van der Waals surface area contributed by atoms with Crippen molar-refractivity contribution in [1.82, 2.24) is 20.4 Å². The molecular weight excluding hydrogens is 334 g/mol. The highest BCUT2D eigenvalue weighted by Crippen LogP contribution is 2.31. The Labute approximate surface area is 151 Å². The summed E-state index contributed by atoms with van der Waals surface area (Å²) in [6.45, 7) is 2.82. The van der Waals surface area contributed by atoms with Crippen LogP contribution in [-0.4, -0.2) is 34.4 Å². The molecule has 2 aromatic heterocycles. The maximum atomic E-state index is 12.7. The monoisotopic (exact) mass is 357 g/mol. The van der Waals surface area contributed by atoms with Crippen molar-refractivity contribution >= 4 is 11.7 Å². The van der Waals surface area contributed by atoms with E-state index in [0.717, 1.165) is 18.5 Å². The molecule has 2 N–H and O–H groups in total. The highest BCUT2D eigenvalue weighted by Gasteiger charge is 2.41. The molecule has 1 aliphatic heterocycles. The molecule has 1 aliphatic carbocycles. The molecule has 4 rings (SSSR count). The first-order chi connectivity index (χ1) is 12.6. The third-order valence-electron chi connectivity index (χ3n) is 5.06. The first-order valence-electron chi connectivity index (χ1n) is 9.10. The van der Waals surface area contributed by atoms with Gasteiger partial charge in [-0.25, -0.2) is 4.79 Å². The van der Waals surface area contributed by atoms with Gasteiger partial charge in [-0.1, -0.05) is 5.16 Å². The van der Waals surface area contributed by atoms with E-state index in [9.17, 15) is 4.79 Å². The fourth-order valence-corrected chi connectivity index (χ4v) is 3.64. The lowest BCUT2D eigenvalue weighted by Gasteiger charge is -2.34. The van der Waals surface area contributed by atoms with Crippen molar-refractivity contribution in [3.63, 3.8) is 0 Å². The van der Waals surface area contributed by atoms with Gasteiger partial charge in [0.2, 0.25) is 0 Å². The van der Waals surface area contributed by atoms with Crippen molar-refractivity contribution < 1.29 is 14.1 Å². The minimum absolute atomic E-state index is 0.305. The number of hydrogen-bond acceptors (Lipinski definition) is 6. The van der Waals surface area contributed by atoms with Gasteiger partial charge in [0.05, 0.1) is 11.9 Å². The number of carbonyl (C=O) groups excluding carboxylic acids is 1. The number of urea groups is 1. The van der Waals surface area contributed by atoms with Crippen LogP contribution in [0, 0.1) is 6.92 Å². The third kappa shape index (κ3) is 3.41. The van der Waals surface area contributed by atoms with Crippen molar-refractivity contribution in [1.29, 1.82) is 0 Å². The second-order valence-corrected chi connectivity index (χ2v) is 6.96. The highest BCUT2D eigenvalue weighted by molar-refractivity contribution is 5.89. The van der Waals surface area contributed by atoms with E-state index in [1.54, 1.807) is 13.1 Å².